The van der Waals surface area contributed by atoms with Gasteiger partial charge in [0.1, 0.15) is 11.5 Å². The summed E-state index contributed by atoms with van der Waals surface area (Å²) in [7, 11) is -3.68. The molecule has 0 unspecified atom stereocenters. The van der Waals surface area contributed by atoms with E-state index in [1.54, 1.807) is 34.6 Å². The minimum Gasteiger partial charge on any atom is -0.467 e. The maximum atomic E-state index is 12.9. The van der Waals surface area contributed by atoms with E-state index in [4.69, 9.17) is 4.42 Å². The topological polar surface area (TPSA) is 79.6 Å². The zero-order valence-corrected chi connectivity index (χ0v) is 18.0. The maximum absolute atomic E-state index is 12.9. The van der Waals surface area contributed by atoms with Crippen LogP contribution >= 0.6 is 11.3 Å². The van der Waals surface area contributed by atoms with Crippen molar-refractivity contribution in [3.05, 3.63) is 46.0 Å². The predicted octanol–water partition coefficient (Wildman–Crippen LogP) is 3.68. The second-order valence-electron chi connectivity index (χ2n) is 7.68. The fourth-order valence-electron chi connectivity index (χ4n) is 3.51. The molecule has 2 aromatic heterocycles. The van der Waals surface area contributed by atoms with Gasteiger partial charge in [0.2, 0.25) is 15.9 Å². The number of carbonyl (C=O) groups is 1. The van der Waals surface area contributed by atoms with Gasteiger partial charge < -0.3 is 9.32 Å². The van der Waals surface area contributed by atoms with Gasteiger partial charge in [-0.1, -0.05) is 6.92 Å². The van der Waals surface area contributed by atoms with Gasteiger partial charge in [-0.3, -0.25) is 4.79 Å². The second kappa shape index (κ2) is 9.24. The van der Waals surface area contributed by atoms with Crippen LogP contribution in [0.4, 0.5) is 0 Å². The first-order chi connectivity index (χ1) is 13.3. The third kappa shape index (κ3) is 6.18. The first-order valence-electron chi connectivity index (χ1n) is 9.66. The fourth-order valence-corrected chi connectivity index (χ4v) is 5.75. The third-order valence-electron chi connectivity index (χ3n) is 5.10. The lowest BCUT2D eigenvalue weighted by molar-refractivity contribution is -0.129. The van der Waals surface area contributed by atoms with Gasteiger partial charge in [0.05, 0.1) is 19.4 Å². The third-order valence-corrected chi connectivity index (χ3v) is 7.40. The Balaban J connectivity index is 1.65. The van der Waals surface area contributed by atoms with Crippen LogP contribution in [0.1, 0.15) is 48.1 Å². The molecule has 28 heavy (non-hydrogen) atoms. The van der Waals surface area contributed by atoms with Crippen LogP contribution in [-0.4, -0.2) is 31.0 Å². The molecule has 2 heterocycles. The van der Waals surface area contributed by atoms with Crippen molar-refractivity contribution in [2.24, 2.45) is 5.92 Å². The molecule has 0 spiro atoms. The lowest BCUT2D eigenvalue weighted by atomic mass is 9.88. The summed E-state index contributed by atoms with van der Waals surface area (Å²) in [5.41, 5.74) is 0. The number of hydrogen-bond donors (Lipinski definition) is 1. The van der Waals surface area contributed by atoms with Crippen molar-refractivity contribution in [1.82, 2.24) is 9.62 Å². The van der Waals surface area contributed by atoms with Crippen LogP contribution in [-0.2, 0) is 27.9 Å². The zero-order valence-electron chi connectivity index (χ0n) is 16.4. The van der Waals surface area contributed by atoms with E-state index in [1.165, 1.54) is 0 Å². The van der Waals surface area contributed by atoms with E-state index < -0.39 is 21.7 Å². The highest BCUT2D eigenvalue weighted by Crippen LogP contribution is 2.24. The molecule has 6 nitrogen and oxygen atoms in total. The van der Waals surface area contributed by atoms with Gasteiger partial charge >= 0.3 is 0 Å². The lowest BCUT2D eigenvalue weighted by Crippen LogP contribution is -2.43. The molecule has 0 saturated heterocycles. The Bertz CT molecular complexity index is 866. The highest BCUT2D eigenvalue weighted by molar-refractivity contribution is 7.90. The molecule has 0 atom stereocenters. The molecule has 1 fully saturated rings. The number of thiophene rings is 1. The van der Waals surface area contributed by atoms with Crippen molar-refractivity contribution < 1.29 is 17.6 Å². The van der Waals surface area contributed by atoms with E-state index in [0.717, 1.165) is 35.4 Å². The maximum Gasteiger partial charge on any atom is 0.239 e. The minimum absolute atomic E-state index is 0.0625. The number of amides is 1. The Hall–Kier alpha value is -1.64. The summed E-state index contributed by atoms with van der Waals surface area (Å²) < 4.78 is 33.2. The molecule has 3 rings (SSSR count). The minimum atomic E-state index is -3.68. The molecule has 0 aliphatic heterocycles. The standard InChI is InChI=1S/C20H28N2O4S2/c1-15-5-8-17(9-6-15)21-28(24,25)14-20(23)22(12-18-4-3-11-26-18)13-19-10-7-16(2)27-19/h3-4,7,10-11,15,17,21H,5-6,8-9,12-14H2,1-2H3. The number of nitrogens with one attached hydrogen (secondary N) is 1. The highest BCUT2D eigenvalue weighted by Gasteiger charge is 2.27. The Morgan fingerprint density at radius 3 is 2.57 bits per heavy atom. The largest absolute Gasteiger partial charge is 0.467 e. The number of carbonyl (C=O) groups excluding carboxylic acids is 1. The van der Waals surface area contributed by atoms with Gasteiger partial charge in [-0.25, -0.2) is 13.1 Å². The van der Waals surface area contributed by atoms with Crippen LogP contribution in [0, 0.1) is 12.8 Å². The van der Waals surface area contributed by atoms with Crippen molar-refractivity contribution in [1.29, 1.82) is 0 Å². The van der Waals surface area contributed by atoms with Crippen LogP contribution in [0.15, 0.2) is 34.9 Å². The molecule has 1 aliphatic carbocycles. The molecule has 1 amide bonds. The fraction of sp³-hybridized carbons (Fsp3) is 0.550. The molecule has 1 aliphatic rings. The molecular formula is C20H28N2O4S2. The van der Waals surface area contributed by atoms with Crippen molar-refractivity contribution >= 4 is 27.3 Å². The molecule has 0 aromatic carbocycles. The lowest BCUT2D eigenvalue weighted by Gasteiger charge is -2.27. The van der Waals surface area contributed by atoms with Gasteiger partial charge in [-0.2, -0.15) is 0 Å². The number of furan rings is 1. The summed E-state index contributed by atoms with van der Waals surface area (Å²) in [6.45, 7) is 4.81. The summed E-state index contributed by atoms with van der Waals surface area (Å²) in [5.74, 6) is 0.317. The van der Waals surface area contributed by atoms with Crippen LogP contribution in [0.5, 0.6) is 0 Å². The van der Waals surface area contributed by atoms with Crippen LogP contribution in [0.3, 0.4) is 0 Å². The number of hydrogen-bond acceptors (Lipinski definition) is 5. The Kier molecular flexibility index (Phi) is 6.95. The van der Waals surface area contributed by atoms with Gasteiger partial charge in [-0.05, 0) is 62.8 Å². The first kappa shape index (κ1) is 21.1. The van der Waals surface area contributed by atoms with Crippen LogP contribution in [0.2, 0.25) is 0 Å². The van der Waals surface area contributed by atoms with Gasteiger partial charge in [0.25, 0.3) is 0 Å². The normalized spacial score (nSPS) is 20.2. The Labute approximate surface area is 171 Å². The summed E-state index contributed by atoms with van der Waals surface area (Å²) >= 11 is 1.60. The molecule has 8 heteroatoms. The predicted molar refractivity (Wildman–Crippen MR) is 110 cm³/mol. The van der Waals surface area contributed by atoms with Gasteiger partial charge in [0, 0.05) is 15.8 Å². The van der Waals surface area contributed by atoms with Crippen LogP contribution < -0.4 is 4.72 Å². The monoisotopic (exact) mass is 424 g/mol. The van der Waals surface area contributed by atoms with Crippen molar-refractivity contribution in [2.45, 2.75) is 58.7 Å². The molecule has 154 valence electrons. The summed E-state index contributed by atoms with van der Waals surface area (Å²) in [5, 5.41) is 0. The van der Waals surface area contributed by atoms with Crippen molar-refractivity contribution in [2.75, 3.05) is 5.75 Å². The van der Waals surface area contributed by atoms with Crippen molar-refractivity contribution in [3.63, 3.8) is 0 Å². The van der Waals surface area contributed by atoms with Gasteiger partial charge in [0.15, 0.2) is 0 Å². The number of sulfonamides is 1. The van der Waals surface area contributed by atoms with E-state index in [0.29, 0.717) is 18.2 Å². The van der Waals surface area contributed by atoms with E-state index in [9.17, 15) is 13.2 Å². The Morgan fingerprint density at radius 1 is 1.21 bits per heavy atom. The average molecular weight is 425 g/mol. The SMILES string of the molecule is Cc1ccc(CN(Cc2ccco2)C(=O)CS(=O)(=O)NC2CCC(C)CC2)s1. The molecule has 2 aromatic rings. The molecule has 1 saturated carbocycles. The van der Waals surface area contributed by atoms with E-state index in [-0.39, 0.29) is 12.6 Å². The number of rotatable bonds is 8. The zero-order chi connectivity index (χ0) is 20.1. The quantitative estimate of drug-likeness (QED) is 0.701. The smallest absolute Gasteiger partial charge is 0.239 e. The van der Waals surface area contributed by atoms with E-state index in [1.807, 2.05) is 19.1 Å². The van der Waals surface area contributed by atoms with Gasteiger partial charge in [-0.15, -0.1) is 11.3 Å². The van der Waals surface area contributed by atoms with E-state index >= 15 is 0 Å². The highest BCUT2D eigenvalue weighted by atomic mass is 32.2. The number of aryl methyl sites for hydroxylation is 1. The second-order valence-corrected chi connectivity index (χ2v) is 10.8. The summed E-state index contributed by atoms with van der Waals surface area (Å²) in [6, 6.07) is 7.45. The van der Waals surface area contributed by atoms with Crippen LogP contribution in [0.25, 0.3) is 0 Å². The first-order valence-corrected chi connectivity index (χ1v) is 12.1. The molecule has 0 bridgehead atoms. The average Bonchev–Trinajstić information content (AvgIpc) is 3.27. The Morgan fingerprint density at radius 2 is 1.96 bits per heavy atom. The summed E-state index contributed by atoms with van der Waals surface area (Å²) in [4.78, 5) is 16.6. The number of nitrogens with zero attached hydrogens (tertiary/aromatic N) is 1. The van der Waals surface area contributed by atoms with Crippen molar-refractivity contribution in [3.8, 4) is 0 Å². The molecule has 0 radical (unpaired) electrons. The summed E-state index contributed by atoms with van der Waals surface area (Å²) in [6.07, 6.45) is 5.25. The molecule has 1 N–H and O–H groups in total. The molecular weight excluding hydrogens is 396 g/mol. The van der Waals surface area contributed by atoms with E-state index in [2.05, 4.69) is 11.6 Å².